The summed E-state index contributed by atoms with van der Waals surface area (Å²) in [6.07, 6.45) is 0.484. The van der Waals surface area contributed by atoms with Crippen LogP contribution in [0, 0.1) is 0 Å². The van der Waals surface area contributed by atoms with Gasteiger partial charge < -0.3 is 15.0 Å². The van der Waals surface area contributed by atoms with Crippen molar-refractivity contribution in [2.45, 2.75) is 19.4 Å². The van der Waals surface area contributed by atoms with Crippen molar-refractivity contribution in [2.75, 3.05) is 19.0 Å². The zero-order valence-corrected chi connectivity index (χ0v) is 15.6. The highest BCUT2D eigenvalue weighted by Crippen LogP contribution is 2.24. The Kier molecular flexibility index (Phi) is 5.76. The smallest absolute Gasteiger partial charge is 0.337 e. The van der Waals surface area contributed by atoms with Crippen molar-refractivity contribution in [2.24, 2.45) is 0 Å². The summed E-state index contributed by atoms with van der Waals surface area (Å²) in [5.74, 6) is -1.27. The number of amides is 2. The Labute approximate surface area is 162 Å². The number of carbonyl (C=O) groups is 3. The topological polar surface area (TPSA) is 75.7 Å². The number of benzene rings is 2. The number of esters is 1. The molecule has 0 fully saturated rings. The molecule has 27 heavy (non-hydrogen) atoms. The molecular weight excluding hydrogens is 368 g/mol. The Balaban J connectivity index is 1.63. The number of hydrogen-bond acceptors (Lipinski definition) is 4. The first-order chi connectivity index (χ1) is 13.0. The van der Waals surface area contributed by atoms with E-state index in [1.54, 1.807) is 4.90 Å². The second-order valence-electron chi connectivity index (χ2n) is 6.25. The summed E-state index contributed by atoms with van der Waals surface area (Å²) in [4.78, 5) is 38.0. The van der Waals surface area contributed by atoms with Crippen LogP contribution in [0.1, 0.15) is 27.9 Å². The molecule has 0 unspecified atom stereocenters. The van der Waals surface area contributed by atoms with Crippen molar-refractivity contribution in [3.8, 4) is 0 Å². The molecule has 0 saturated heterocycles. The van der Waals surface area contributed by atoms with Gasteiger partial charge in [0, 0.05) is 13.1 Å². The van der Waals surface area contributed by atoms with Gasteiger partial charge in [0.1, 0.15) is 6.42 Å². The van der Waals surface area contributed by atoms with Crippen LogP contribution in [0.15, 0.2) is 42.5 Å². The largest absolute Gasteiger partial charge is 0.465 e. The summed E-state index contributed by atoms with van der Waals surface area (Å²) in [5.41, 5.74) is 2.86. The van der Waals surface area contributed by atoms with Gasteiger partial charge >= 0.3 is 5.97 Å². The minimum absolute atomic E-state index is 0.248. The maximum atomic E-state index is 12.5. The van der Waals surface area contributed by atoms with Crippen molar-refractivity contribution in [3.05, 3.63) is 64.2 Å². The van der Waals surface area contributed by atoms with E-state index in [1.165, 1.54) is 30.9 Å². The van der Waals surface area contributed by atoms with Crippen LogP contribution in [-0.4, -0.2) is 36.3 Å². The van der Waals surface area contributed by atoms with E-state index in [0.717, 1.165) is 12.0 Å². The molecule has 1 heterocycles. The average Bonchev–Trinajstić information content (AvgIpc) is 2.68. The number of halogens is 1. The summed E-state index contributed by atoms with van der Waals surface area (Å²) in [5, 5.41) is 2.87. The molecule has 0 spiro atoms. The van der Waals surface area contributed by atoms with Crippen LogP contribution in [0.5, 0.6) is 0 Å². The van der Waals surface area contributed by atoms with Gasteiger partial charge in [0.25, 0.3) is 0 Å². The van der Waals surface area contributed by atoms with Crippen LogP contribution in [0.2, 0.25) is 5.02 Å². The second kappa shape index (κ2) is 8.22. The predicted molar refractivity (Wildman–Crippen MR) is 102 cm³/mol. The van der Waals surface area contributed by atoms with Crippen LogP contribution in [0.25, 0.3) is 0 Å². The molecule has 6 nitrogen and oxygen atoms in total. The van der Waals surface area contributed by atoms with Crippen LogP contribution in [-0.2, 0) is 27.3 Å². The molecule has 7 heteroatoms. The first-order valence-corrected chi connectivity index (χ1v) is 8.88. The number of anilines is 1. The molecule has 0 saturated carbocycles. The normalized spacial score (nSPS) is 12.9. The number of nitrogens with zero attached hydrogens (tertiary/aromatic N) is 1. The first kappa shape index (κ1) is 18.9. The van der Waals surface area contributed by atoms with E-state index in [4.69, 9.17) is 11.6 Å². The minimum atomic E-state index is -0.537. The lowest BCUT2D eigenvalue weighted by atomic mass is 10.00. The molecule has 0 atom stereocenters. The van der Waals surface area contributed by atoms with Crippen LogP contribution < -0.4 is 5.32 Å². The van der Waals surface area contributed by atoms with Crippen molar-refractivity contribution >= 4 is 35.1 Å². The van der Waals surface area contributed by atoms with Crippen molar-refractivity contribution < 1.29 is 19.1 Å². The second-order valence-corrected chi connectivity index (χ2v) is 6.65. The van der Waals surface area contributed by atoms with Gasteiger partial charge in [-0.3, -0.25) is 9.59 Å². The quantitative estimate of drug-likeness (QED) is 0.647. The lowest BCUT2D eigenvalue weighted by Gasteiger charge is -2.28. The molecule has 3 rings (SSSR count). The Morgan fingerprint density at radius 3 is 2.63 bits per heavy atom. The highest BCUT2D eigenvalue weighted by Gasteiger charge is 2.22. The predicted octanol–water partition coefficient (Wildman–Crippen LogP) is 3.04. The van der Waals surface area contributed by atoms with E-state index in [2.05, 4.69) is 16.1 Å². The Hall–Kier alpha value is -2.86. The molecule has 0 aromatic heterocycles. The minimum Gasteiger partial charge on any atom is -0.465 e. The fourth-order valence-corrected chi connectivity index (χ4v) is 3.18. The number of carbonyl (C=O) groups excluding carboxylic acids is 3. The SMILES string of the molecule is COC(=O)c1ccc(Cl)c(NC(=O)CC(=O)N2CCc3ccccc3C2)c1. The maximum Gasteiger partial charge on any atom is 0.337 e. The van der Waals surface area contributed by atoms with Gasteiger partial charge in [-0.05, 0) is 35.7 Å². The third kappa shape index (κ3) is 4.46. The van der Waals surface area contributed by atoms with Gasteiger partial charge in [0.15, 0.2) is 0 Å². The van der Waals surface area contributed by atoms with Crippen LogP contribution >= 0.6 is 11.6 Å². The summed E-state index contributed by atoms with van der Waals surface area (Å²) >= 11 is 6.07. The molecule has 2 aromatic carbocycles. The lowest BCUT2D eigenvalue weighted by Crippen LogP contribution is -2.37. The lowest BCUT2D eigenvalue weighted by molar-refractivity contribution is -0.135. The molecule has 1 aliphatic rings. The van der Waals surface area contributed by atoms with E-state index in [1.807, 2.05) is 18.2 Å². The maximum absolute atomic E-state index is 12.5. The average molecular weight is 387 g/mol. The molecule has 0 aliphatic carbocycles. The summed E-state index contributed by atoms with van der Waals surface area (Å²) in [6, 6.07) is 12.4. The van der Waals surface area contributed by atoms with Crippen LogP contribution in [0.4, 0.5) is 5.69 Å². The molecule has 1 N–H and O–H groups in total. The van der Waals surface area contributed by atoms with E-state index < -0.39 is 11.9 Å². The van der Waals surface area contributed by atoms with Gasteiger partial charge in [-0.2, -0.15) is 0 Å². The van der Waals surface area contributed by atoms with Gasteiger partial charge in [0.05, 0.1) is 23.4 Å². The van der Waals surface area contributed by atoms with Crippen molar-refractivity contribution in [1.29, 1.82) is 0 Å². The monoisotopic (exact) mass is 386 g/mol. The standard InChI is InChI=1S/C20H19ClN2O4/c1-27-20(26)14-6-7-16(21)17(10-14)22-18(24)11-19(25)23-9-8-13-4-2-3-5-15(13)12-23/h2-7,10H,8-9,11-12H2,1H3,(H,22,24). The highest BCUT2D eigenvalue weighted by molar-refractivity contribution is 6.34. The van der Waals surface area contributed by atoms with E-state index in [9.17, 15) is 14.4 Å². The number of methoxy groups -OCH3 is 1. The van der Waals surface area contributed by atoms with Gasteiger partial charge in [-0.1, -0.05) is 35.9 Å². The number of ether oxygens (including phenoxy) is 1. The zero-order valence-electron chi connectivity index (χ0n) is 14.8. The summed E-state index contributed by atoms with van der Waals surface area (Å²) in [7, 11) is 1.27. The van der Waals surface area contributed by atoms with Gasteiger partial charge in [0.2, 0.25) is 11.8 Å². The van der Waals surface area contributed by atoms with E-state index in [0.29, 0.717) is 13.1 Å². The molecule has 2 aromatic rings. The fraction of sp³-hybridized carbons (Fsp3) is 0.250. The number of hydrogen-bond donors (Lipinski definition) is 1. The first-order valence-electron chi connectivity index (χ1n) is 8.50. The molecular formula is C20H19ClN2O4. The number of rotatable bonds is 4. The van der Waals surface area contributed by atoms with E-state index in [-0.39, 0.29) is 28.6 Å². The Bertz CT molecular complexity index is 897. The fourth-order valence-electron chi connectivity index (χ4n) is 3.02. The molecule has 0 bridgehead atoms. The van der Waals surface area contributed by atoms with E-state index >= 15 is 0 Å². The Morgan fingerprint density at radius 1 is 1.15 bits per heavy atom. The Morgan fingerprint density at radius 2 is 1.89 bits per heavy atom. The molecule has 140 valence electrons. The van der Waals surface area contributed by atoms with Crippen molar-refractivity contribution in [1.82, 2.24) is 4.90 Å². The third-order valence-corrected chi connectivity index (χ3v) is 4.79. The van der Waals surface area contributed by atoms with Gasteiger partial charge in [-0.25, -0.2) is 4.79 Å². The third-order valence-electron chi connectivity index (χ3n) is 4.46. The van der Waals surface area contributed by atoms with Gasteiger partial charge in [-0.15, -0.1) is 0 Å². The summed E-state index contributed by atoms with van der Waals surface area (Å²) in [6.45, 7) is 1.09. The zero-order chi connectivity index (χ0) is 19.4. The van der Waals surface area contributed by atoms with Crippen LogP contribution in [0.3, 0.4) is 0 Å². The summed E-state index contributed by atoms with van der Waals surface area (Å²) < 4.78 is 4.65. The van der Waals surface area contributed by atoms with Crippen molar-refractivity contribution in [3.63, 3.8) is 0 Å². The number of nitrogens with one attached hydrogen (secondary N) is 1. The molecule has 2 amide bonds. The molecule has 0 radical (unpaired) electrons. The highest BCUT2D eigenvalue weighted by atomic mass is 35.5. The number of fused-ring (bicyclic) bond motifs is 1. The molecule has 1 aliphatic heterocycles.